The molecule has 1 N–H and O–H groups in total. The lowest BCUT2D eigenvalue weighted by atomic mass is 10.1. The SMILES string of the molecule is O=C(N/N=C/c1cccc(C(F)(F)F)c1)c1ccccc1-n1cccc1. The molecule has 3 aromatic rings. The quantitative estimate of drug-likeness (QED) is 0.550. The Morgan fingerprint density at radius 1 is 1.00 bits per heavy atom. The van der Waals surface area contributed by atoms with Crippen molar-refractivity contribution in [1.82, 2.24) is 9.99 Å². The second-order valence-electron chi connectivity index (χ2n) is 5.43. The highest BCUT2D eigenvalue weighted by Gasteiger charge is 2.30. The summed E-state index contributed by atoms with van der Waals surface area (Å²) in [5.74, 6) is -0.461. The van der Waals surface area contributed by atoms with Gasteiger partial charge in [-0.2, -0.15) is 18.3 Å². The molecule has 0 fully saturated rings. The van der Waals surface area contributed by atoms with Crippen molar-refractivity contribution >= 4 is 12.1 Å². The number of aromatic nitrogens is 1. The largest absolute Gasteiger partial charge is 0.416 e. The van der Waals surface area contributed by atoms with Gasteiger partial charge in [-0.15, -0.1) is 0 Å². The van der Waals surface area contributed by atoms with Crippen LogP contribution in [0.1, 0.15) is 21.5 Å². The third kappa shape index (κ3) is 4.00. The number of benzene rings is 2. The molecule has 7 heteroatoms. The molecule has 0 bridgehead atoms. The van der Waals surface area contributed by atoms with Crippen LogP contribution in [0.3, 0.4) is 0 Å². The Hall–Kier alpha value is -3.35. The van der Waals surface area contributed by atoms with Crippen LogP contribution in [0, 0.1) is 0 Å². The smallest absolute Gasteiger partial charge is 0.323 e. The summed E-state index contributed by atoms with van der Waals surface area (Å²) < 4.78 is 39.9. The van der Waals surface area contributed by atoms with Crippen LogP contribution in [0.2, 0.25) is 0 Å². The predicted octanol–water partition coefficient (Wildman–Crippen LogP) is 4.26. The molecule has 1 heterocycles. The van der Waals surface area contributed by atoms with Crippen molar-refractivity contribution in [3.63, 3.8) is 0 Å². The zero-order valence-corrected chi connectivity index (χ0v) is 13.4. The number of rotatable bonds is 4. The minimum atomic E-state index is -4.43. The summed E-state index contributed by atoms with van der Waals surface area (Å²) >= 11 is 0. The maximum atomic E-state index is 12.7. The Bertz CT molecular complexity index is 931. The van der Waals surface area contributed by atoms with Gasteiger partial charge in [0.25, 0.3) is 5.91 Å². The van der Waals surface area contributed by atoms with Gasteiger partial charge in [-0.25, -0.2) is 5.43 Å². The van der Waals surface area contributed by atoms with E-state index in [1.165, 1.54) is 18.3 Å². The minimum absolute atomic E-state index is 0.235. The number of para-hydroxylation sites is 1. The highest BCUT2D eigenvalue weighted by atomic mass is 19.4. The fourth-order valence-electron chi connectivity index (χ4n) is 2.41. The Morgan fingerprint density at radius 3 is 2.46 bits per heavy atom. The van der Waals surface area contributed by atoms with Gasteiger partial charge in [0.1, 0.15) is 0 Å². The molecule has 1 amide bonds. The third-order valence-electron chi connectivity index (χ3n) is 3.62. The van der Waals surface area contributed by atoms with Crippen molar-refractivity contribution in [3.05, 3.63) is 89.7 Å². The molecule has 0 aliphatic rings. The Labute approximate surface area is 147 Å². The molecule has 132 valence electrons. The normalized spacial score (nSPS) is 11.7. The van der Waals surface area contributed by atoms with Crippen LogP contribution in [0.5, 0.6) is 0 Å². The molecule has 0 spiro atoms. The van der Waals surface area contributed by atoms with E-state index in [1.54, 1.807) is 41.2 Å². The first kappa shape index (κ1) is 17.5. The number of carbonyl (C=O) groups excluding carboxylic acids is 1. The molecular weight excluding hydrogens is 343 g/mol. The van der Waals surface area contributed by atoms with Crippen molar-refractivity contribution < 1.29 is 18.0 Å². The van der Waals surface area contributed by atoms with Crippen molar-refractivity contribution in [3.8, 4) is 5.69 Å². The number of hydrazone groups is 1. The lowest BCUT2D eigenvalue weighted by Crippen LogP contribution is -2.19. The highest BCUT2D eigenvalue weighted by molar-refractivity contribution is 5.98. The van der Waals surface area contributed by atoms with Crippen LogP contribution in [0.15, 0.2) is 78.2 Å². The molecular formula is C19H14F3N3O. The fourth-order valence-corrected chi connectivity index (χ4v) is 2.41. The number of hydrogen-bond acceptors (Lipinski definition) is 2. The summed E-state index contributed by atoms with van der Waals surface area (Å²) in [4.78, 5) is 12.4. The number of halogens is 3. The number of alkyl halides is 3. The zero-order chi connectivity index (χ0) is 18.6. The zero-order valence-electron chi connectivity index (χ0n) is 13.4. The first-order valence-corrected chi connectivity index (χ1v) is 7.68. The van der Waals surface area contributed by atoms with Crippen molar-refractivity contribution in [2.45, 2.75) is 6.18 Å². The predicted molar refractivity (Wildman–Crippen MR) is 92.3 cm³/mol. The average Bonchev–Trinajstić information content (AvgIpc) is 3.16. The van der Waals surface area contributed by atoms with Gasteiger partial charge in [0.05, 0.1) is 23.0 Å². The van der Waals surface area contributed by atoms with Gasteiger partial charge >= 0.3 is 6.18 Å². The summed E-state index contributed by atoms with van der Waals surface area (Å²) in [6, 6.07) is 15.3. The van der Waals surface area contributed by atoms with Gasteiger partial charge in [-0.05, 0) is 42.0 Å². The fraction of sp³-hybridized carbons (Fsp3) is 0.0526. The Morgan fingerprint density at radius 2 is 1.73 bits per heavy atom. The molecule has 0 saturated carbocycles. The first-order valence-electron chi connectivity index (χ1n) is 7.68. The van der Waals surface area contributed by atoms with Gasteiger partial charge in [-0.1, -0.05) is 24.3 Å². The van der Waals surface area contributed by atoms with E-state index in [0.717, 1.165) is 12.1 Å². The second kappa shape index (κ2) is 7.26. The summed E-state index contributed by atoms with van der Waals surface area (Å²) in [5.41, 5.74) is 2.87. The molecule has 0 unspecified atom stereocenters. The van der Waals surface area contributed by atoms with Gasteiger partial charge in [0.2, 0.25) is 0 Å². The van der Waals surface area contributed by atoms with Crippen LogP contribution in [0.4, 0.5) is 13.2 Å². The molecule has 0 atom stereocenters. The van der Waals surface area contributed by atoms with Gasteiger partial charge in [-0.3, -0.25) is 4.79 Å². The topological polar surface area (TPSA) is 46.4 Å². The summed E-state index contributed by atoms with van der Waals surface area (Å²) in [6.07, 6.45) is 0.351. The summed E-state index contributed by atoms with van der Waals surface area (Å²) in [6.45, 7) is 0. The first-order chi connectivity index (χ1) is 12.4. The minimum Gasteiger partial charge on any atom is -0.323 e. The monoisotopic (exact) mass is 357 g/mol. The van der Waals surface area contributed by atoms with E-state index in [4.69, 9.17) is 0 Å². The molecule has 2 aromatic carbocycles. The Kier molecular flexibility index (Phi) is 4.88. The van der Waals surface area contributed by atoms with E-state index in [-0.39, 0.29) is 5.56 Å². The summed E-state index contributed by atoms with van der Waals surface area (Å²) in [7, 11) is 0. The molecule has 0 aliphatic carbocycles. The van der Waals surface area contributed by atoms with Crippen LogP contribution >= 0.6 is 0 Å². The molecule has 26 heavy (non-hydrogen) atoms. The van der Waals surface area contributed by atoms with E-state index >= 15 is 0 Å². The standard InChI is InChI=1S/C19H14F3N3O/c20-19(21,22)15-7-5-6-14(12-15)13-23-24-18(26)16-8-1-2-9-17(16)25-10-3-4-11-25/h1-13H,(H,24,26)/b23-13+. The Balaban J connectivity index is 1.75. The van der Waals surface area contributed by atoms with Gasteiger partial charge in [0.15, 0.2) is 0 Å². The van der Waals surface area contributed by atoms with Crippen LogP contribution in [-0.2, 0) is 6.18 Å². The van der Waals surface area contributed by atoms with Crippen LogP contribution < -0.4 is 5.43 Å². The van der Waals surface area contributed by atoms with Gasteiger partial charge < -0.3 is 4.57 Å². The van der Waals surface area contributed by atoms with Gasteiger partial charge in [0, 0.05) is 12.4 Å². The molecule has 0 radical (unpaired) electrons. The lowest BCUT2D eigenvalue weighted by Gasteiger charge is -2.09. The van der Waals surface area contributed by atoms with E-state index in [0.29, 0.717) is 11.3 Å². The maximum absolute atomic E-state index is 12.7. The molecule has 4 nitrogen and oxygen atoms in total. The number of amides is 1. The number of nitrogens with one attached hydrogen (secondary N) is 1. The van der Waals surface area contributed by atoms with Crippen molar-refractivity contribution in [2.75, 3.05) is 0 Å². The number of hydrogen-bond donors (Lipinski definition) is 1. The number of nitrogens with zero attached hydrogens (tertiary/aromatic N) is 2. The lowest BCUT2D eigenvalue weighted by molar-refractivity contribution is -0.137. The molecule has 0 aliphatic heterocycles. The third-order valence-corrected chi connectivity index (χ3v) is 3.62. The molecule has 3 rings (SSSR count). The number of carbonyl (C=O) groups is 1. The van der Waals surface area contributed by atoms with E-state index in [1.807, 2.05) is 12.1 Å². The van der Waals surface area contributed by atoms with Crippen LogP contribution in [0.25, 0.3) is 5.69 Å². The van der Waals surface area contributed by atoms with Crippen molar-refractivity contribution in [1.29, 1.82) is 0 Å². The summed E-state index contributed by atoms with van der Waals surface area (Å²) in [5, 5.41) is 3.76. The van der Waals surface area contributed by atoms with Crippen LogP contribution in [-0.4, -0.2) is 16.7 Å². The van der Waals surface area contributed by atoms with E-state index < -0.39 is 17.6 Å². The van der Waals surface area contributed by atoms with E-state index in [9.17, 15) is 18.0 Å². The van der Waals surface area contributed by atoms with Crippen molar-refractivity contribution in [2.24, 2.45) is 5.10 Å². The average molecular weight is 357 g/mol. The molecule has 1 aromatic heterocycles. The molecule has 0 saturated heterocycles. The second-order valence-corrected chi connectivity index (χ2v) is 5.43. The maximum Gasteiger partial charge on any atom is 0.416 e. The van der Waals surface area contributed by atoms with E-state index in [2.05, 4.69) is 10.5 Å². The highest BCUT2D eigenvalue weighted by Crippen LogP contribution is 2.29.